The van der Waals surface area contributed by atoms with Crippen LogP contribution in [-0.4, -0.2) is 67.9 Å². The number of hydrogen-bond donors (Lipinski definition) is 2. The Kier molecular flexibility index (Phi) is 7.23. The van der Waals surface area contributed by atoms with Crippen molar-refractivity contribution in [3.05, 3.63) is 53.6 Å². The molecule has 9 heteroatoms. The van der Waals surface area contributed by atoms with Crippen molar-refractivity contribution in [2.45, 2.75) is 20.4 Å². The lowest BCUT2D eigenvalue weighted by Gasteiger charge is -2.32. The zero-order chi connectivity index (χ0) is 24.1. The highest BCUT2D eigenvalue weighted by Gasteiger charge is 2.26. The SMILES string of the molecule is CC(C)(CN)CN(Cc1ccc(NC(=O)N2CCOCC2)cc1)C(=O)c1ccc2c(c1)OCO2. The zero-order valence-corrected chi connectivity index (χ0v) is 19.7. The van der Waals surface area contributed by atoms with E-state index in [2.05, 4.69) is 5.32 Å². The van der Waals surface area contributed by atoms with Gasteiger partial charge < -0.3 is 35.1 Å². The summed E-state index contributed by atoms with van der Waals surface area (Å²) >= 11 is 0. The highest BCUT2D eigenvalue weighted by molar-refractivity contribution is 5.95. The second-order valence-electron chi connectivity index (χ2n) is 9.32. The number of urea groups is 1. The molecule has 1 fully saturated rings. The van der Waals surface area contributed by atoms with Crippen LogP contribution in [0.2, 0.25) is 0 Å². The van der Waals surface area contributed by atoms with Crippen molar-refractivity contribution in [3.8, 4) is 11.5 Å². The molecule has 0 radical (unpaired) electrons. The van der Waals surface area contributed by atoms with Crippen molar-refractivity contribution in [3.63, 3.8) is 0 Å². The number of fused-ring (bicyclic) bond motifs is 1. The van der Waals surface area contributed by atoms with Crippen molar-refractivity contribution in [2.24, 2.45) is 11.1 Å². The summed E-state index contributed by atoms with van der Waals surface area (Å²) in [5.41, 5.74) is 7.90. The maximum atomic E-state index is 13.4. The zero-order valence-electron chi connectivity index (χ0n) is 19.7. The van der Waals surface area contributed by atoms with E-state index in [1.165, 1.54) is 0 Å². The predicted octanol–water partition coefficient (Wildman–Crippen LogP) is 2.91. The number of amides is 3. The lowest BCUT2D eigenvalue weighted by atomic mass is 9.92. The molecule has 4 rings (SSSR count). The third-order valence-corrected chi connectivity index (χ3v) is 5.96. The van der Waals surface area contributed by atoms with Gasteiger partial charge in [0.2, 0.25) is 6.79 Å². The molecule has 0 spiro atoms. The van der Waals surface area contributed by atoms with Crippen LogP contribution >= 0.6 is 0 Å². The molecule has 0 saturated carbocycles. The van der Waals surface area contributed by atoms with E-state index in [0.717, 1.165) is 5.56 Å². The van der Waals surface area contributed by atoms with Gasteiger partial charge in [0, 0.05) is 37.4 Å². The molecule has 0 aliphatic carbocycles. The normalized spacial score (nSPS) is 15.2. The number of carbonyl (C=O) groups excluding carboxylic acids is 2. The van der Waals surface area contributed by atoms with Crippen molar-refractivity contribution in [1.29, 1.82) is 0 Å². The van der Waals surface area contributed by atoms with E-state index in [4.69, 9.17) is 19.9 Å². The predicted molar refractivity (Wildman–Crippen MR) is 128 cm³/mol. The van der Waals surface area contributed by atoms with Gasteiger partial charge in [-0.1, -0.05) is 26.0 Å². The Morgan fingerprint density at radius 1 is 1.06 bits per heavy atom. The molecule has 182 valence electrons. The fourth-order valence-electron chi connectivity index (χ4n) is 3.88. The monoisotopic (exact) mass is 468 g/mol. The minimum atomic E-state index is -0.252. The van der Waals surface area contributed by atoms with Gasteiger partial charge in [-0.2, -0.15) is 0 Å². The first-order valence-corrected chi connectivity index (χ1v) is 11.5. The van der Waals surface area contributed by atoms with Crippen LogP contribution in [-0.2, 0) is 11.3 Å². The van der Waals surface area contributed by atoms with Gasteiger partial charge in [0.1, 0.15) is 0 Å². The molecule has 0 atom stereocenters. The molecule has 3 amide bonds. The number of carbonyl (C=O) groups is 2. The molecule has 2 aliphatic heterocycles. The molecular weight excluding hydrogens is 436 g/mol. The minimum absolute atomic E-state index is 0.107. The molecule has 0 bridgehead atoms. The van der Waals surface area contributed by atoms with E-state index in [9.17, 15) is 9.59 Å². The molecule has 2 aromatic rings. The van der Waals surface area contributed by atoms with E-state index in [0.29, 0.717) is 68.7 Å². The molecule has 0 aromatic heterocycles. The Labute approximate surface area is 199 Å². The molecule has 2 aromatic carbocycles. The average molecular weight is 469 g/mol. The van der Waals surface area contributed by atoms with Crippen LogP contribution in [0, 0.1) is 5.41 Å². The number of nitrogens with one attached hydrogen (secondary N) is 1. The largest absolute Gasteiger partial charge is 0.454 e. The van der Waals surface area contributed by atoms with Gasteiger partial charge in [-0.05, 0) is 47.9 Å². The van der Waals surface area contributed by atoms with Crippen molar-refractivity contribution < 1.29 is 23.8 Å². The molecular formula is C25H32N4O5. The van der Waals surface area contributed by atoms with E-state index in [1.54, 1.807) is 28.0 Å². The van der Waals surface area contributed by atoms with Crippen LogP contribution in [0.15, 0.2) is 42.5 Å². The second kappa shape index (κ2) is 10.3. The average Bonchev–Trinajstić information content (AvgIpc) is 3.33. The van der Waals surface area contributed by atoms with Crippen molar-refractivity contribution in [1.82, 2.24) is 9.80 Å². The molecule has 1 saturated heterocycles. The number of ether oxygens (including phenoxy) is 3. The van der Waals surface area contributed by atoms with Crippen LogP contribution < -0.4 is 20.5 Å². The third-order valence-electron chi connectivity index (χ3n) is 5.96. The summed E-state index contributed by atoms with van der Waals surface area (Å²) in [6, 6.07) is 12.6. The fraction of sp³-hybridized carbons (Fsp3) is 0.440. The van der Waals surface area contributed by atoms with E-state index >= 15 is 0 Å². The van der Waals surface area contributed by atoms with Crippen LogP contribution in [0.1, 0.15) is 29.8 Å². The van der Waals surface area contributed by atoms with Crippen LogP contribution in [0.5, 0.6) is 11.5 Å². The van der Waals surface area contributed by atoms with Crippen LogP contribution in [0.3, 0.4) is 0 Å². The van der Waals surface area contributed by atoms with Gasteiger partial charge in [0.15, 0.2) is 11.5 Å². The number of nitrogens with two attached hydrogens (primary N) is 1. The molecule has 2 heterocycles. The lowest BCUT2D eigenvalue weighted by Crippen LogP contribution is -2.43. The number of hydrogen-bond acceptors (Lipinski definition) is 6. The second-order valence-corrected chi connectivity index (χ2v) is 9.32. The standard InChI is InChI=1S/C25H32N4O5/c1-25(2,15-26)16-29(23(30)19-5-8-21-22(13-19)34-17-33-21)14-18-3-6-20(7-4-18)27-24(31)28-9-11-32-12-10-28/h3-8,13H,9-12,14-17,26H2,1-2H3,(H,27,31). The van der Waals surface area contributed by atoms with Gasteiger partial charge in [0.25, 0.3) is 5.91 Å². The summed E-state index contributed by atoms with van der Waals surface area (Å²) in [4.78, 5) is 29.4. The molecule has 34 heavy (non-hydrogen) atoms. The van der Waals surface area contributed by atoms with Gasteiger partial charge in [0.05, 0.1) is 13.2 Å². The summed E-state index contributed by atoms with van der Waals surface area (Å²) in [5.74, 6) is 1.11. The smallest absolute Gasteiger partial charge is 0.321 e. The summed E-state index contributed by atoms with van der Waals surface area (Å²) in [5, 5.41) is 2.92. The summed E-state index contributed by atoms with van der Waals surface area (Å²) in [6.45, 7) is 7.86. The Hall–Kier alpha value is -3.30. The number of benzene rings is 2. The van der Waals surface area contributed by atoms with Gasteiger partial charge in [-0.25, -0.2) is 4.79 Å². The lowest BCUT2D eigenvalue weighted by molar-refractivity contribution is 0.0564. The van der Waals surface area contributed by atoms with E-state index in [-0.39, 0.29) is 24.1 Å². The highest BCUT2D eigenvalue weighted by atomic mass is 16.7. The van der Waals surface area contributed by atoms with Gasteiger partial charge >= 0.3 is 6.03 Å². The molecule has 9 nitrogen and oxygen atoms in total. The number of rotatable bonds is 7. The van der Waals surface area contributed by atoms with Crippen LogP contribution in [0.4, 0.5) is 10.5 Å². The first kappa shape index (κ1) is 23.8. The quantitative estimate of drug-likeness (QED) is 0.647. The Bertz CT molecular complexity index is 1020. The Balaban J connectivity index is 1.46. The van der Waals surface area contributed by atoms with Crippen molar-refractivity contribution >= 4 is 17.6 Å². The maximum Gasteiger partial charge on any atom is 0.321 e. The Morgan fingerprint density at radius 3 is 2.47 bits per heavy atom. The molecule has 2 aliphatic rings. The Morgan fingerprint density at radius 2 is 1.76 bits per heavy atom. The van der Waals surface area contributed by atoms with E-state index in [1.807, 2.05) is 38.1 Å². The topological polar surface area (TPSA) is 106 Å². The van der Waals surface area contributed by atoms with Crippen LogP contribution in [0.25, 0.3) is 0 Å². The number of anilines is 1. The first-order valence-electron chi connectivity index (χ1n) is 11.5. The van der Waals surface area contributed by atoms with Crippen molar-refractivity contribution in [2.75, 3.05) is 51.5 Å². The summed E-state index contributed by atoms with van der Waals surface area (Å²) < 4.78 is 16.1. The minimum Gasteiger partial charge on any atom is -0.454 e. The van der Waals surface area contributed by atoms with Gasteiger partial charge in [-0.15, -0.1) is 0 Å². The first-order chi connectivity index (χ1) is 16.3. The maximum absolute atomic E-state index is 13.4. The highest BCUT2D eigenvalue weighted by Crippen LogP contribution is 2.33. The molecule has 0 unspecified atom stereocenters. The number of nitrogens with zero attached hydrogens (tertiary/aromatic N) is 2. The fourth-order valence-corrected chi connectivity index (χ4v) is 3.88. The number of morpholine rings is 1. The van der Waals surface area contributed by atoms with Gasteiger partial charge in [-0.3, -0.25) is 4.79 Å². The van der Waals surface area contributed by atoms with E-state index < -0.39 is 0 Å². The molecule has 3 N–H and O–H groups in total. The third kappa shape index (κ3) is 5.78. The summed E-state index contributed by atoms with van der Waals surface area (Å²) in [6.07, 6.45) is 0. The summed E-state index contributed by atoms with van der Waals surface area (Å²) in [7, 11) is 0.